The summed E-state index contributed by atoms with van der Waals surface area (Å²) >= 11 is 0. The molecule has 48 heavy (non-hydrogen) atoms. The van der Waals surface area contributed by atoms with Crippen LogP contribution in [-0.2, 0) is 23.9 Å². The molecule has 6 nitrogen and oxygen atoms in total. The third kappa shape index (κ3) is 7.05. The van der Waals surface area contributed by atoms with Gasteiger partial charge in [-0.05, 0) is 69.4 Å². The average molecular weight is 658 g/mol. The number of rotatable bonds is 10. The number of cyclic esters (lactones) is 2. The van der Waals surface area contributed by atoms with Gasteiger partial charge in [0, 0.05) is 0 Å². The van der Waals surface area contributed by atoms with Crippen molar-refractivity contribution in [2.24, 2.45) is 57.2 Å². The highest BCUT2D eigenvalue weighted by Crippen LogP contribution is 2.61. The SMILES string of the molecule is CCC(C(C)C(CC(C)(C)C)c1ccccc1)C1C(=O)N(c2ccccc2)C(=O)C1C(C)(C)C(C)(C)C1C(=O)OC(=O)CC1C(C)(C)C. The van der Waals surface area contributed by atoms with E-state index in [0.717, 1.165) is 12.8 Å². The molecule has 0 N–H and O–H groups in total. The van der Waals surface area contributed by atoms with E-state index in [2.05, 4.69) is 93.5 Å². The molecule has 0 radical (unpaired) electrons. The van der Waals surface area contributed by atoms with Gasteiger partial charge < -0.3 is 4.74 Å². The Morgan fingerprint density at radius 1 is 0.750 bits per heavy atom. The van der Waals surface area contributed by atoms with Gasteiger partial charge in [0.1, 0.15) is 0 Å². The van der Waals surface area contributed by atoms with Crippen LogP contribution in [0.15, 0.2) is 60.7 Å². The number of benzene rings is 2. The molecule has 262 valence electrons. The molecule has 0 spiro atoms. The van der Waals surface area contributed by atoms with Gasteiger partial charge in [0.05, 0.1) is 29.9 Å². The lowest BCUT2D eigenvalue weighted by atomic mass is 9.48. The average Bonchev–Trinajstić information content (AvgIpc) is 3.25. The molecule has 0 aliphatic carbocycles. The van der Waals surface area contributed by atoms with Crippen LogP contribution in [0.4, 0.5) is 5.69 Å². The van der Waals surface area contributed by atoms with Crippen molar-refractivity contribution >= 4 is 29.4 Å². The van der Waals surface area contributed by atoms with Gasteiger partial charge in [0.15, 0.2) is 0 Å². The first kappa shape index (κ1) is 37.5. The van der Waals surface area contributed by atoms with Gasteiger partial charge in [-0.2, -0.15) is 0 Å². The largest absolute Gasteiger partial charge is 0.393 e. The number of esters is 2. The number of para-hydroxylation sites is 1. The van der Waals surface area contributed by atoms with Crippen LogP contribution in [-0.4, -0.2) is 23.8 Å². The van der Waals surface area contributed by atoms with Crippen molar-refractivity contribution in [1.29, 1.82) is 0 Å². The quantitative estimate of drug-likeness (QED) is 0.144. The first-order valence-corrected chi connectivity index (χ1v) is 17.9. The Balaban J connectivity index is 1.90. The first-order chi connectivity index (χ1) is 22.1. The highest BCUT2D eigenvalue weighted by molar-refractivity contribution is 6.22. The van der Waals surface area contributed by atoms with E-state index in [4.69, 9.17) is 4.74 Å². The maximum absolute atomic E-state index is 15.0. The lowest BCUT2D eigenvalue weighted by Crippen LogP contribution is -2.56. The van der Waals surface area contributed by atoms with Crippen LogP contribution >= 0.6 is 0 Å². The monoisotopic (exact) mass is 657 g/mol. The van der Waals surface area contributed by atoms with Gasteiger partial charge in [0.25, 0.3) is 0 Å². The molecule has 2 saturated heterocycles. The molecule has 2 heterocycles. The molecule has 2 aromatic rings. The zero-order valence-corrected chi connectivity index (χ0v) is 31.4. The van der Waals surface area contributed by atoms with Crippen LogP contribution in [0.5, 0.6) is 0 Å². The number of hydrogen-bond acceptors (Lipinski definition) is 5. The second-order valence-corrected chi connectivity index (χ2v) is 18.0. The normalized spacial score (nSPS) is 24.8. The molecule has 0 aromatic heterocycles. The van der Waals surface area contributed by atoms with Gasteiger partial charge >= 0.3 is 11.9 Å². The first-order valence-electron chi connectivity index (χ1n) is 17.9. The van der Waals surface area contributed by atoms with E-state index in [1.165, 1.54) is 10.5 Å². The summed E-state index contributed by atoms with van der Waals surface area (Å²) in [5.41, 5.74) is -0.176. The lowest BCUT2D eigenvalue weighted by molar-refractivity contribution is -0.187. The third-order valence-corrected chi connectivity index (χ3v) is 12.3. The number of carbonyl (C=O) groups is 4. The summed E-state index contributed by atoms with van der Waals surface area (Å²) < 4.78 is 5.33. The van der Waals surface area contributed by atoms with Crippen molar-refractivity contribution in [3.05, 3.63) is 66.2 Å². The van der Waals surface area contributed by atoms with Gasteiger partial charge in [-0.25, -0.2) is 0 Å². The lowest BCUT2D eigenvalue weighted by Gasteiger charge is -2.54. The van der Waals surface area contributed by atoms with Crippen LogP contribution in [0.3, 0.4) is 0 Å². The van der Waals surface area contributed by atoms with E-state index < -0.39 is 40.5 Å². The fraction of sp³-hybridized carbons (Fsp3) is 0.619. The topological polar surface area (TPSA) is 80.8 Å². The minimum absolute atomic E-state index is 0.0417. The summed E-state index contributed by atoms with van der Waals surface area (Å²) in [6.07, 6.45) is 1.79. The summed E-state index contributed by atoms with van der Waals surface area (Å²) in [6, 6.07) is 19.8. The van der Waals surface area contributed by atoms with Crippen LogP contribution in [0.25, 0.3) is 0 Å². The highest BCUT2D eigenvalue weighted by Gasteiger charge is 2.65. The van der Waals surface area contributed by atoms with Crippen LogP contribution in [0, 0.1) is 57.2 Å². The zero-order valence-electron chi connectivity index (χ0n) is 31.4. The Morgan fingerprint density at radius 3 is 1.77 bits per heavy atom. The van der Waals surface area contributed by atoms with Crippen molar-refractivity contribution < 1.29 is 23.9 Å². The minimum atomic E-state index is -0.846. The number of hydrogen-bond donors (Lipinski definition) is 0. The number of amides is 2. The van der Waals surface area contributed by atoms with E-state index >= 15 is 0 Å². The summed E-state index contributed by atoms with van der Waals surface area (Å²) in [5, 5.41) is 0. The van der Waals surface area contributed by atoms with E-state index in [9.17, 15) is 19.2 Å². The van der Waals surface area contributed by atoms with Crippen LogP contribution < -0.4 is 4.90 Å². The smallest absolute Gasteiger partial charge is 0.317 e. The number of ether oxygens (including phenoxy) is 1. The van der Waals surface area contributed by atoms with E-state index in [1.807, 2.05) is 50.2 Å². The molecule has 2 aliphatic rings. The Labute approximate surface area is 289 Å². The van der Waals surface area contributed by atoms with E-state index in [1.54, 1.807) is 0 Å². The molecular weight excluding hydrogens is 598 g/mol. The number of imide groups is 1. The fourth-order valence-corrected chi connectivity index (χ4v) is 9.02. The van der Waals surface area contributed by atoms with Crippen LogP contribution in [0.2, 0.25) is 0 Å². The fourth-order valence-electron chi connectivity index (χ4n) is 9.02. The van der Waals surface area contributed by atoms with Crippen molar-refractivity contribution in [3.63, 3.8) is 0 Å². The Bertz CT molecular complexity index is 1480. The Hall–Kier alpha value is -3.28. The molecule has 2 aliphatic heterocycles. The molecule has 2 fully saturated rings. The van der Waals surface area contributed by atoms with E-state index in [0.29, 0.717) is 5.69 Å². The summed E-state index contributed by atoms with van der Waals surface area (Å²) in [5.74, 6) is -3.53. The third-order valence-electron chi connectivity index (χ3n) is 12.3. The second-order valence-electron chi connectivity index (χ2n) is 18.0. The van der Waals surface area contributed by atoms with Crippen LogP contribution in [0.1, 0.15) is 114 Å². The molecule has 7 atom stereocenters. The maximum atomic E-state index is 15.0. The Morgan fingerprint density at radius 2 is 1.27 bits per heavy atom. The van der Waals surface area contributed by atoms with Gasteiger partial charge in [-0.15, -0.1) is 0 Å². The predicted octanol–water partition coefficient (Wildman–Crippen LogP) is 9.48. The molecule has 0 bridgehead atoms. The summed E-state index contributed by atoms with van der Waals surface area (Å²) in [7, 11) is 0. The molecule has 4 rings (SSSR count). The standard InChI is InChI=1S/C42H59NO5/c1-13-29(26(2)30(25-39(3,4)5)27-20-16-14-17-21-27)33-35(37(46)43(36(33)45)28-22-18-15-19-23-28)42(11,12)41(9,10)34-31(40(6,7)8)24-32(44)48-38(34)47/h14-23,26,29-31,33-35H,13,24-25H2,1-12H3. The number of carbonyl (C=O) groups excluding carboxylic acids is 4. The van der Waals surface area contributed by atoms with Gasteiger partial charge in [0.2, 0.25) is 11.8 Å². The zero-order chi connectivity index (χ0) is 36.0. The van der Waals surface area contributed by atoms with E-state index in [-0.39, 0.29) is 52.7 Å². The molecule has 0 saturated carbocycles. The minimum Gasteiger partial charge on any atom is -0.393 e. The summed E-state index contributed by atoms with van der Waals surface area (Å²) in [4.78, 5) is 57.6. The van der Waals surface area contributed by atoms with Crippen molar-refractivity contribution in [3.8, 4) is 0 Å². The number of anilines is 1. The molecule has 7 unspecified atom stereocenters. The van der Waals surface area contributed by atoms with Gasteiger partial charge in [-0.1, -0.05) is 138 Å². The molecule has 2 amide bonds. The van der Waals surface area contributed by atoms with Crippen molar-refractivity contribution in [2.75, 3.05) is 4.90 Å². The van der Waals surface area contributed by atoms with Gasteiger partial charge in [-0.3, -0.25) is 24.1 Å². The highest BCUT2D eigenvalue weighted by atomic mass is 16.6. The molecular formula is C42H59NO5. The molecule has 6 heteroatoms. The van der Waals surface area contributed by atoms with Crippen molar-refractivity contribution in [2.45, 2.75) is 108 Å². The molecule has 2 aromatic carbocycles. The van der Waals surface area contributed by atoms with Crippen molar-refractivity contribution in [1.82, 2.24) is 0 Å². The number of nitrogens with zero attached hydrogens (tertiary/aromatic N) is 1. The second kappa shape index (κ2) is 13.6. The predicted molar refractivity (Wildman–Crippen MR) is 192 cm³/mol. The summed E-state index contributed by atoms with van der Waals surface area (Å²) in [6.45, 7) is 25.5. The Kier molecular flexibility index (Phi) is 10.6. The maximum Gasteiger partial charge on any atom is 0.317 e.